The summed E-state index contributed by atoms with van der Waals surface area (Å²) < 4.78 is 10.7. The van der Waals surface area contributed by atoms with Crippen LogP contribution in [0.25, 0.3) is 0 Å². The Labute approximate surface area is 171 Å². The van der Waals surface area contributed by atoms with Crippen molar-refractivity contribution in [2.45, 2.75) is 13.5 Å². The molecule has 1 N–H and O–H groups in total. The smallest absolute Gasteiger partial charge is 0.321 e. The maximum absolute atomic E-state index is 12.5. The van der Waals surface area contributed by atoms with Gasteiger partial charge in [-0.15, -0.1) is 0 Å². The summed E-state index contributed by atoms with van der Waals surface area (Å²) in [5, 5.41) is 2.88. The molecule has 0 aliphatic carbocycles. The van der Waals surface area contributed by atoms with E-state index in [1.54, 1.807) is 43.4 Å². The van der Waals surface area contributed by atoms with E-state index in [9.17, 15) is 9.59 Å². The van der Waals surface area contributed by atoms with Crippen molar-refractivity contribution in [2.24, 2.45) is 0 Å². The van der Waals surface area contributed by atoms with Crippen LogP contribution in [0.4, 0.5) is 10.5 Å². The Morgan fingerprint density at radius 3 is 2.34 bits per heavy atom. The van der Waals surface area contributed by atoms with Crippen LogP contribution in [0.5, 0.6) is 11.5 Å². The molecule has 0 saturated carbocycles. The number of piperazine rings is 1. The normalized spacial score (nSPS) is 14.4. The summed E-state index contributed by atoms with van der Waals surface area (Å²) in [6.07, 6.45) is 0. The molecule has 2 aromatic rings. The largest absolute Gasteiger partial charge is 0.493 e. The van der Waals surface area contributed by atoms with Gasteiger partial charge in [-0.2, -0.15) is 0 Å². The second-order valence-corrected chi connectivity index (χ2v) is 7.02. The van der Waals surface area contributed by atoms with E-state index < -0.39 is 0 Å². The molecule has 154 valence electrons. The van der Waals surface area contributed by atoms with Crippen molar-refractivity contribution in [1.29, 1.82) is 0 Å². The Balaban J connectivity index is 1.53. The highest BCUT2D eigenvalue weighted by molar-refractivity contribution is 5.96. The van der Waals surface area contributed by atoms with Crippen molar-refractivity contribution in [1.82, 2.24) is 9.80 Å². The van der Waals surface area contributed by atoms with E-state index in [0.717, 1.165) is 30.9 Å². The lowest BCUT2D eigenvalue weighted by molar-refractivity contribution is 0.101. The molecule has 0 bridgehead atoms. The van der Waals surface area contributed by atoms with Gasteiger partial charge < -0.3 is 19.7 Å². The fraction of sp³-hybridized carbons (Fsp3) is 0.364. The van der Waals surface area contributed by atoms with Crippen LogP contribution in [-0.2, 0) is 6.54 Å². The zero-order valence-corrected chi connectivity index (χ0v) is 17.1. The molecule has 7 heteroatoms. The molecule has 1 heterocycles. The van der Waals surface area contributed by atoms with Crippen LogP contribution < -0.4 is 14.8 Å². The van der Waals surface area contributed by atoms with Gasteiger partial charge >= 0.3 is 6.03 Å². The summed E-state index contributed by atoms with van der Waals surface area (Å²) in [7, 11) is 3.25. The zero-order chi connectivity index (χ0) is 20.8. The minimum absolute atomic E-state index is 0.0233. The summed E-state index contributed by atoms with van der Waals surface area (Å²) in [5.74, 6) is 1.41. The topological polar surface area (TPSA) is 71.1 Å². The quantitative estimate of drug-likeness (QED) is 0.758. The Kier molecular flexibility index (Phi) is 6.72. The van der Waals surface area contributed by atoms with Gasteiger partial charge in [0, 0.05) is 44.0 Å². The molecule has 3 rings (SSSR count). The molecule has 0 radical (unpaired) electrons. The molecule has 2 aromatic carbocycles. The summed E-state index contributed by atoms with van der Waals surface area (Å²) in [6.45, 7) is 5.16. The number of urea groups is 1. The second kappa shape index (κ2) is 9.43. The molecule has 0 atom stereocenters. The van der Waals surface area contributed by atoms with Crippen molar-refractivity contribution in [3.63, 3.8) is 0 Å². The molecule has 0 unspecified atom stereocenters. The second-order valence-electron chi connectivity index (χ2n) is 7.02. The molecule has 1 aliphatic rings. The maximum atomic E-state index is 12.5. The first-order chi connectivity index (χ1) is 14.0. The van der Waals surface area contributed by atoms with Gasteiger partial charge in [0.1, 0.15) is 0 Å². The highest BCUT2D eigenvalue weighted by Crippen LogP contribution is 2.28. The number of amides is 2. The lowest BCUT2D eigenvalue weighted by atomic mass is 10.1. The van der Waals surface area contributed by atoms with Crippen LogP contribution in [0.1, 0.15) is 22.8 Å². The first kappa shape index (κ1) is 20.7. The third-order valence-electron chi connectivity index (χ3n) is 5.03. The SMILES string of the molecule is COc1ccc(CN2CCN(C(=O)Nc3cccc(C(C)=O)c3)CC2)cc1OC. The Morgan fingerprint density at radius 2 is 1.69 bits per heavy atom. The molecule has 29 heavy (non-hydrogen) atoms. The third-order valence-corrected chi connectivity index (χ3v) is 5.03. The van der Waals surface area contributed by atoms with E-state index in [1.807, 2.05) is 18.2 Å². The van der Waals surface area contributed by atoms with Crippen LogP contribution in [0.15, 0.2) is 42.5 Å². The first-order valence-electron chi connectivity index (χ1n) is 9.60. The number of methoxy groups -OCH3 is 2. The Hall–Kier alpha value is -3.06. The van der Waals surface area contributed by atoms with Crippen LogP contribution in [0.2, 0.25) is 0 Å². The molecule has 2 amide bonds. The lowest BCUT2D eigenvalue weighted by Gasteiger charge is -2.34. The molecule has 1 fully saturated rings. The van der Waals surface area contributed by atoms with Crippen molar-refractivity contribution in [3.8, 4) is 11.5 Å². The molecular weight excluding hydrogens is 370 g/mol. The number of benzene rings is 2. The summed E-state index contributed by atoms with van der Waals surface area (Å²) in [5.41, 5.74) is 2.36. The standard InChI is InChI=1S/C22H27N3O4/c1-16(26)18-5-4-6-19(14-18)23-22(27)25-11-9-24(10-12-25)15-17-7-8-20(28-2)21(13-17)29-3/h4-8,13-14H,9-12,15H2,1-3H3,(H,23,27). The van der Waals surface area contributed by atoms with Crippen molar-refractivity contribution in [3.05, 3.63) is 53.6 Å². The van der Waals surface area contributed by atoms with Gasteiger partial charge in [-0.05, 0) is 36.8 Å². The average Bonchev–Trinajstić information content (AvgIpc) is 2.74. The van der Waals surface area contributed by atoms with E-state index in [0.29, 0.717) is 30.1 Å². The molecule has 0 aromatic heterocycles. The number of rotatable bonds is 6. The van der Waals surface area contributed by atoms with Gasteiger partial charge in [-0.3, -0.25) is 9.69 Å². The van der Waals surface area contributed by atoms with Crippen LogP contribution in [-0.4, -0.2) is 62.0 Å². The van der Waals surface area contributed by atoms with Crippen molar-refractivity contribution in [2.75, 3.05) is 45.7 Å². The number of hydrogen-bond donors (Lipinski definition) is 1. The number of carbonyl (C=O) groups is 2. The molecule has 1 aliphatic heterocycles. The molecule has 0 spiro atoms. The van der Waals surface area contributed by atoms with Gasteiger partial charge in [0.15, 0.2) is 17.3 Å². The number of ketones is 1. The van der Waals surface area contributed by atoms with E-state index in [4.69, 9.17) is 9.47 Å². The fourth-order valence-corrected chi connectivity index (χ4v) is 3.36. The number of hydrogen-bond acceptors (Lipinski definition) is 5. The third kappa shape index (κ3) is 5.26. The summed E-state index contributed by atoms with van der Waals surface area (Å²) in [4.78, 5) is 28.2. The van der Waals surface area contributed by atoms with E-state index in [2.05, 4.69) is 10.2 Å². The first-order valence-corrected chi connectivity index (χ1v) is 9.60. The zero-order valence-electron chi connectivity index (χ0n) is 17.1. The Morgan fingerprint density at radius 1 is 0.966 bits per heavy atom. The summed E-state index contributed by atoms with van der Waals surface area (Å²) >= 11 is 0. The minimum atomic E-state index is -0.142. The number of carbonyl (C=O) groups excluding carboxylic acids is 2. The minimum Gasteiger partial charge on any atom is -0.493 e. The number of nitrogens with one attached hydrogen (secondary N) is 1. The lowest BCUT2D eigenvalue weighted by Crippen LogP contribution is -2.49. The van der Waals surface area contributed by atoms with Crippen molar-refractivity contribution >= 4 is 17.5 Å². The predicted molar refractivity (Wildman–Crippen MR) is 112 cm³/mol. The predicted octanol–water partition coefficient (Wildman–Crippen LogP) is 3.26. The van der Waals surface area contributed by atoms with Crippen LogP contribution in [0, 0.1) is 0 Å². The highest BCUT2D eigenvalue weighted by Gasteiger charge is 2.21. The van der Waals surface area contributed by atoms with Crippen LogP contribution >= 0.6 is 0 Å². The fourth-order valence-electron chi connectivity index (χ4n) is 3.36. The van der Waals surface area contributed by atoms with Crippen molar-refractivity contribution < 1.29 is 19.1 Å². The molecular formula is C22H27N3O4. The monoisotopic (exact) mass is 397 g/mol. The average molecular weight is 397 g/mol. The van der Waals surface area contributed by atoms with Gasteiger partial charge in [0.2, 0.25) is 0 Å². The number of anilines is 1. The molecule has 1 saturated heterocycles. The summed E-state index contributed by atoms with van der Waals surface area (Å²) in [6, 6.07) is 12.8. The van der Waals surface area contributed by atoms with Gasteiger partial charge in [-0.25, -0.2) is 4.79 Å². The molecule has 7 nitrogen and oxygen atoms in total. The van der Waals surface area contributed by atoms with E-state index in [1.165, 1.54) is 6.92 Å². The van der Waals surface area contributed by atoms with Gasteiger partial charge in [0.25, 0.3) is 0 Å². The number of ether oxygens (including phenoxy) is 2. The van der Waals surface area contributed by atoms with Gasteiger partial charge in [0.05, 0.1) is 14.2 Å². The highest BCUT2D eigenvalue weighted by atomic mass is 16.5. The number of Topliss-reactive ketones (excluding diaryl/α,β-unsaturated/α-hetero) is 1. The van der Waals surface area contributed by atoms with E-state index >= 15 is 0 Å². The number of nitrogens with zero attached hydrogens (tertiary/aromatic N) is 2. The van der Waals surface area contributed by atoms with E-state index in [-0.39, 0.29) is 11.8 Å². The van der Waals surface area contributed by atoms with Gasteiger partial charge in [-0.1, -0.05) is 18.2 Å². The maximum Gasteiger partial charge on any atom is 0.321 e. The van der Waals surface area contributed by atoms with Crippen LogP contribution in [0.3, 0.4) is 0 Å². The Bertz CT molecular complexity index is 876.